The Bertz CT molecular complexity index is 814. The molecule has 26 heavy (non-hydrogen) atoms. The number of carbonyl (C=O) groups excluding carboxylic acids is 2. The van der Waals surface area contributed by atoms with Gasteiger partial charge in [-0.2, -0.15) is 0 Å². The van der Waals surface area contributed by atoms with Crippen molar-refractivity contribution >= 4 is 17.4 Å². The summed E-state index contributed by atoms with van der Waals surface area (Å²) in [5.74, 6) is -1.39. The normalized spacial score (nSPS) is 19.1. The molecule has 5 heteroatoms. The number of likely N-dealkylation sites (tertiary alicyclic amines) is 1. The van der Waals surface area contributed by atoms with Gasteiger partial charge in [0.1, 0.15) is 5.76 Å². The van der Waals surface area contributed by atoms with Crippen molar-refractivity contribution in [1.82, 2.24) is 4.90 Å². The molecule has 1 atom stereocenters. The Balaban J connectivity index is 2.09. The first-order valence-electron chi connectivity index (χ1n) is 8.53. The minimum absolute atomic E-state index is 0.129. The maximum atomic E-state index is 12.7. The molecule has 5 nitrogen and oxygen atoms in total. The summed E-state index contributed by atoms with van der Waals surface area (Å²) in [5.41, 5.74) is 1.44. The lowest BCUT2D eigenvalue weighted by Crippen LogP contribution is -2.31. The number of carbonyl (C=O) groups is 2. The maximum absolute atomic E-state index is 12.7. The van der Waals surface area contributed by atoms with E-state index < -0.39 is 17.7 Å². The molecule has 1 amide bonds. The maximum Gasteiger partial charge on any atom is 0.295 e. The van der Waals surface area contributed by atoms with Crippen LogP contribution in [0.2, 0.25) is 0 Å². The van der Waals surface area contributed by atoms with Gasteiger partial charge in [0, 0.05) is 25.8 Å². The van der Waals surface area contributed by atoms with Gasteiger partial charge >= 0.3 is 0 Å². The Morgan fingerprint density at radius 1 is 1.04 bits per heavy atom. The zero-order valence-electron chi connectivity index (χ0n) is 14.6. The Hall–Kier alpha value is -2.92. The second-order valence-corrected chi connectivity index (χ2v) is 6.12. The van der Waals surface area contributed by atoms with Crippen molar-refractivity contribution < 1.29 is 19.4 Å². The van der Waals surface area contributed by atoms with E-state index in [1.165, 1.54) is 4.90 Å². The van der Waals surface area contributed by atoms with Crippen molar-refractivity contribution in [1.29, 1.82) is 0 Å². The van der Waals surface area contributed by atoms with E-state index in [2.05, 4.69) is 0 Å². The Kier molecular flexibility index (Phi) is 5.49. The van der Waals surface area contributed by atoms with Gasteiger partial charge in [0.25, 0.3) is 11.7 Å². The first kappa shape index (κ1) is 17.9. The van der Waals surface area contributed by atoms with E-state index in [4.69, 9.17) is 4.74 Å². The van der Waals surface area contributed by atoms with Crippen molar-refractivity contribution in [3.05, 3.63) is 77.4 Å². The SMILES string of the molecule is COCCCN1C(=O)C(=O)/C(=C(\O)c2ccccc2)C1c1ccccc1. The molecule has 0 aromatic heterocycles. The summed E-state index contributed by atoms with van der Waals surface area (Å²) in [6.45, 7) is 0.868. The number of benzene rings is 2. The number of amides is 1. The van der Waals surface area contributed by atoms with E-state index in [0.29, 0.717) is 25.1 Å². The van der Waals surface area contributed by atoms with Gasteiger partial charge in [0.2, 0.25) is 0 Å². The molecule has 0 spiro atoms. The Labute approximate surface area is 152 Å². The number of ketones is 1. The quantitative estimate of drug-likeness (QED) is 0.376. The zero-order chi connectivity index (χ0) is 18.5. The minimum atomic E-state index is -0.655. The lowest BCUT2D eigenvalue weighted by molar-refractivity contribution is -0.140. The topological polar surface area (TPSA) is 66.8 Å². The fourth-order valence-corrected chi connectivity index (χ4v) is 3.22. The van der Waals surface area contributed by atoms with Crippen molar-refractivity contribution in [2.45, 2.75) is 12.5 Å². The van der Waals surface area contributed by atoms with Crippen molar-refractivity contribution in [2.24, 2.45) is 0 Å². The summed E-state index contributed by atoms with van der Waals surface area (Å²) in [6, 6.07) is 17.5. The largest absolute Gasteiger partial charge is 0.507 e. The van der Waals surface area contributed by atoms with Crippen LogP contribution >= 0.6 is 0 Å². The van der Waals surface area contributed by atoms with Gasteiger partial charge in [-0.25, -0.2) is 0 Å². The molecular formula is C21H21NO4. The molecule has 0 radical (unpaired) electrons. The molecule has 1 N–H and O–H groups in total. The molecule has 3 rings (SSSR count). The van der Waals surface area contributed by atoms with E-state index in [1.54, 1.807) is 31.4 Å². The van der Waals surface area contributed by atoms with Crippen LogP contribution in [0.3, 0.4) is 0 Å². The van der Waals surface area contributed by atoms with Crippen LogP contribution in [0.15, 0.2) is 66.2 Å². The van der Waals surface area contributed by atoms with Gasteiger partial charge in [-0.05, 0) is 12.0 Å². The molecule has 1 aliphatic rings. The fraction of sp³-hybridized carbons (Fsp3) is 0.238. The van der Waals surface area contributed by atoms with Crippen molar-refractivity contribution in [3.8, 4) is 0 Å². The monoisotopic (exact) mass is 351 g/mol. The number of Topliss-reactive ketones (excluding diaryl/α,β-unsaturated/α-hetero) is 1. The van der Waals surface area contributed by atoms with Gasteiger partial charge in [-0.3, -0.25) is 9.59 Å². The Morgan fingerprint density at radius 2 is 1.65 bits per heavy atom. The lowest BCUT2D eigenvalue weighted by Gasteiger charge is -2.25. The third kappa shape index (κ3) is 3.39. The molecule has 0 saturated carbocycles. The molecule has 2 aromatic rings. The summed E-state index contributed by atoms with van der Waals surface area (Å²) in [4.78, 5) is 26.8. The number of methoxy groups -OCH3 is 1. The van der Waals surface area contributed by atoms with Crippen LogP contribution in [0.25, 0.3) is 5.76 Å². The third-order valence-electron chi connectivity index (χ3n) is 4.45. The molecule has 1 saturated heterocycles. The summed E-state index contributed by atoms with van der Waals surface area (Å²) in [5, 5.41) is 10.8. The van der Waals surface area contributed by atoms with E-state index in [0.717, 1.165) is 5.56 Å². The second kappa shape index (κ2) is 7.97. The van der Waals surface area contributed by atoms with Crippen LogP contribution in [0.4, 0.5) is 0 Å². The number of nitrogens with zero attached hydrogens (tertiary/aromatic N) is 1. The second-order valence-electron chi connectivity index (χ2n) is 6.12. The van der Waals surface area contributed by atoms with Gasteiger partial charge in [-0.1, -0.05) is 60.7 Å². The Morgan fingerprint density at radius 3 is 2.27 bits per heavy atom. The predicted octanol–water partition coefficient (Wildman–Crippen LogP) is 3.14. The van der Waals surface area contributed by atoms with Crippen LogP contribution in [0.1, 0.15) is 23.6 Å². The van der Waals surface area contributed by atoms with Gasteiger partial charge < -0.3 is 14.7 Å². The van der Waals surface area contributed by atoms with Gasteiger partial charge in [0.05, 0.1) is 11.6 Å². The van der Waals surface area contributed by atoms with E-state index in [-0.39, 0.29) is 11.3 Å². The molecule has 1 aliphatic heterocycles. The average molecular weight is 351 g/mol. The van der Waals surface area contributed by atoms with Crippen molar-refractivity contribution in [2.75, 3.05) is 20.3 Å². The lowest BCUT2D eigenvalue weighted by atomic mass is 9.95. The number of aliphatic hydroxyl groups is 1. The van der Waals surface area contributed by atoms with Crippen LogP contribution < -0.4 is 0 Å². The predicted molar refractivity (Wildman–Crippen MR) is 98.4 cm³/mol. The standard InChI is InChI=1S/C21H21NO4/c1-26-14-8-13-22-18(15-9-4-2-5-10-15)17(20(24)21(22)25)19(23)16-11-6-3-7-12-16/h2-7,9-12,18,23H,8,13-14H2,1H3/b19-17-. The number of hydrogen-bond acceptors (Lipinski definition) is 4. The number of hydrogen-bond donors (Lipinski definition) is 1. The highest BCUT2D eigenvalue weighted by atomic mass is 16.5. The molecular weight excluding hydrogens is 330 g/mol. The summed E-state index contributed by atoms with van der Waals surface area (Å²) >= 11 is 0. The van der Waals surface area contributed by atoms with Crippen LogP contribution in [0, 0.1) is 0 Å². The smallest absolute Gasteiger partial charge is 0.295 e. The highest BCUT2D eigenvalue weighted by Gasteiger charge is 2.45. The molecule has 0 bridgehead atoms. The van der Waals surface area contributed by atoms with Gasteiger partial charge in [-0.15, -0.1) is 0 Å². The van der Waals surface area contributed by atoms with Crippen LogP contribution in [-0.2, 0) is 14.3 Å². The summed E-state index contributed by atoms with van der Waals surface area (Å²) in [6.07, 6.45) is 0.609. The first-order valence-corrected chi connectivity index (χ1v) is 8.53. The fourth-order valence-electron chi connectivity index (χ4n) is 3.22. The number of rotatable bonds is 6. The molecule has 1 unspecified atom stereocenters. The number of aliphatic hydroxyl groups excluding tert-OH is 1. The number of ether oxygens (including phenoxy) is 1. The summed E-state index contributed by atoms with van der Waals surface area (Å²) in [7, 11) is 1.60. The molecule has 0 aliphatic carbocycles. The summed E-state index contributed by atoms with van der Waals surface area (Å²) < 4.78 is 5.06. The van der Waals surface area contributed by atoms with Gasteiger partial charge in [0.15, 0.2) is 0 Å². The molecule has 134 valence electrons. The average Bonchev–Trinajstić information content (AvgIpc) is 2.94. The van der Waals surface area contributed by atoms with E-state index in [1.807, 2.05) is 36.4 Å². The van der Waals surface area contributed by atoms with E-state index in [9.17, 15) is 14.7 Å². The van der Waals surface area contributed by atoms with Crippen LogP contribution in [-0.4, -0.2) is 42.0 Å². The highest BCUT2D eigenvalue weighted by molar-refractivity contribution is 6.46. The molecule has 1 fully saturated rings. The van der Waals surface area contributed by atoms with Crippen molar-refractivity contribution in [3.63, 3.8) is 0 Å². The minimum Gasteiger partial charge on any atom is -0.507 e. The molecule has 2 aromatic carbocycles. The van der Waals surface area contributed by atoms with Crippen LogP contribution in [0.5, 0.6) is 0 Å². The zero-order valence-corrected chi connectivity index (χ0v) is 14.6. The highest BCUT2D eigenvalue weighted by Crippen LogP contribution is 2.39. The van der Waals surface area contributed by atoms with E-state index >= 15 is 0 Å². The molecule has 1 heterocycles. The first-order chi connectivity index (χ1) is 12.6. The third-order valence-corrected chi connectivity index (χ3v) is 4.45.